The first-order valence-electron chi connectivity index (χ1n) is 6.31. The summed E-state index contributed by atoms with van der Waals surface area (Å²) in [6.45, 7) is 4.14. The van der Waals surface area contributed by atoms with Gasteiger partial charge < -0.3 is 20.5 Å². The maximum Gasteiger partial charge on any atom is 0.228 e. The second-order valence-corrected chi connectivity index (χ2v) is 4.81. The molecule has 1 fully saturated rings. The highest BCUT2D eigenvalue weighted by atomic mass is 35.5. The van der Waals surface area contributed by atoms with E-state index < -0.39 is 5.60 Å². The van der Waals surface area contributed by atoms with Gasteiger partial charge in [0, 0.05) is 39.1 Å². The summed E-state index contributed by atoms with van der Waals surface area (Å²) in [7, 11) is 0. The zero-order chi connectivity index (χ0) is 13.7. The summed E-state index contributed by atoms with van der Waals surface area (Å²) in [4.78, 5) is 12.1. The van der Waals surface area contributed by atoms with Crippen molar-refractivity contribution in [3.05, 3.63) is 5.28 Å². The van der Waals surface area contributed by atoms with Crippen LogP contribution >= 0.6 is 11.6 Å². The third-order valence-corrected chi connectivity index (χ3v) is 3.11. The van der Waals surface area contributed by atoms with E-state index in [0.29, 0.717) is 51.0 Å². The van der Waals surface area contributed by atoms with Gasteiger partial charge in [0.05, 0.1) is 5.60 Å². The van der Waals surface area contributed by atoms with Crippen molar-refractivity contribution in [2.45, 2.75) is 25.4 Å². The molecule has 106 valence electrons. The van der Waals surface area contributed by atoms with E-state index in [0.717, 1.165) is 0 Å². The second kappa shape index (κ2) is 6.31. The van der Waals surface area contributed by atoms with E-state index in [1.807, 2.05) is 6.92 Å². The Labute approximate surface area is 116 Å². The van der Waals surface area contributed by atoms with Gasteiger partial charge in [-0.3, -0.25) is 0 Å². The fourth-order valence-electron chi connectivity index (χ4n) is 1.84. The number of anilines is 2. The number of nitrogens with one attached hydrogen (secondary N) is 2. The highest BCUT2D eigenvalue weighted by molar-refractivity contribution is 6.28. The Morgan fingerprint density at radius 1 is 1.21 bits per heavy atom. The quantitative estimate of drug-likeness (QED) is 0.741. The molecule has 0 aromatic carbocycles. The molecule has 0 bridgehead atoms. The van der Waals surface area contributed by atoms with Gasteiger partial charge in [-0.2, -0.15) is 15.0 Å². The lowest BCUT2D eigenvalue weighted by Gasteiger charge is -2.32. The molecule has 0 spiro atoms. The lowest BCUT2D eigenvalue weighted by Crippen LogP contribution is -2.42. The lowest BCUT2D eigenvalue weighted by atomic mass is 9.94. The molecule has 1 aromatic rings. The van der Waals surface area contributed by atoms with Crippen LogP contribution in [0.15, 0.2) is 0 Å². The van der Waals surface area contributed by atoms with Gasteiger partial charge in [0.1, 0.15) is 0 Å². The number of aliphatic hydroxyl groups is 1. The summed E-state index contributed by atoms with van der Waals surface area (Å²) < 4.78 is 5.23. The molecule has 0 radical (unpaired) electrons. The molecule has 0 aliphatic carbocycles. The van der Waals surface area contributed by atoms with E-state index in [-0.39, 0.29) is 5.28 Å². The van der Waals surface area contributed by atoms with Crippen LogP contribution in [-0.4, -0.2) is 52.0 Å². The SMILES string of the molecule is CCNc1nc(Cl)nc(NCC2(O)CCOCC2)n1. The monoisotopic (exact) mass is 287 g/mol. The summed E-state index contributed by atoms with van der Waals surface area (Å²) in [5.41, 5.74) is -0.782. The van der Waals surface area contributed by atoms with Gasteiger partial charge in [-0.25, -0.2) is 0 Å². The Balaban J connectivity index is 1.98. The summed E-state index contributed by atoms with van der Waals surface area (Å²) in [5, 5.41) is 16.4. The van der Waals surface area contributed by atoms with Crippen molar-refractivity contribution in [2.75, 3.05) is 36.9 Å². The molecule has 19 heavy (non-hydrogen) atoms. The summed E-state index contributed by atoms with van der Waals surface area (Å²) in [5.74, 6) is 0.778. The number of hydrogen-bond acceptors (Lipinski definition) is 7. The van der Waals surface area contributed by atoms with Crippen molar-refractivity contribution in [3.8, 4) is 0 Å². The van der Waals surface area contributed by atoms with Crippen LogP contribution < -0.4 is 10.6 Å². The first-order valence-corrected chi connectivity index (χ1v) is 6.68. The Bertz CT molecular complexity index is 426. The average molecular weight is 288 g/mol. The zero-order valence-electron chi connectivity index (χ0n) is 10.8. The van der Waals surface area contributed by atoms with Crippen LogP contribution in [0.3, 0.4) is 0 Å². The molecule has 1 aromatic heterocycles. The molecule has 1 saturated heterocycles. The zero-order valence-corrected chi connectivity index (χ0v) is 11.6. The molecule has 0 saturated carbocycles. The topological polar surface area (TPSA) is 92.2 Å². The minimum absolute atomic E-state index is 0.118. The number of ether oxygens (including phenoxy) is 1. The van der Waals surface area contributed by atoms with E-state index in [9.17, 15) is 5.11 Å². The van der Waals surface area contributed by atoms with Crippen molar-refractivity contribution < 1.29 is 9.84 Å². The van der Waals surface area contributed by atoms with E-state index in [2.05, 4.69) is 25.6 Å². The fraction of sp³-hybridized carbons (Fsp3) is 0.727. The van der Waals surface area contributed by atoms with Crippen molar-refractivity contribution in [3.63, 3.8) is 0 Å². The highest BCUT2D eigenvalue weighted by Gasteiger charge is 2.29. The normalized spacial score (nSPS) is 18.1. The van der Waals surface area contributed by atoms with Gasteiger partial charge in [-0.15, -0.1) is 0 Å². The molecule has 0 unspecified atom stereocenters. The second-order valence-electron chi connectivity index (χ2n) is 4.47. The van der Waals surface area contributed by atoms with Crippen molar-refractivity contribution in [2.24, 2.45) is 0 Å². The van der Waals surface area contributed by atoms with Crippen molar-refractivity contribution >= 4 is 23.5 Å². The third kappa shape index (κ3) is 4.15. The highest BCUT2D eigenvalue weighted by Crippen LogP contribution is 2.21. The Kier molecular flexibility index (Phi) is 4.73. The van der Waals surface area contributed by atoms with Gasteiger partial charge in [-0.05, 0) is 18.5 Å². The van der Waals surface area contributed by atoms with E-state index in [1.165, 1.54) is 0 Å². The van der Waals surface area contributed by atoms with Gasteiger partial charge >= 0.3 is 0 Å². The van der Waals surface area contributed by atoms with Gasteiger partial charge in [0.15, 0.2) is 0 Å². The maximum atomic E-state index is 10.3. The molecule has 7 nitrogen and oxygen atoms in total. The van der Waals surface area contributed by atoms with Crippen molar-refractivity contribution in [1.82, 2.24) is 15.0 Å². The minimum Gasteiger partial charge on any atom is -0.388 e. The first kappa shape index (κ1) is 14.2. The van der Waals surface area contributed by atoms with Crippen LogP contribution in [0.2, 0.25) is 5.28 Å². The molecular weight excluding hydrogens is 270 g/mol. The Morgan fingerprint density at radius 2 is 1.84 bits per heavy atom. The van der Waals surface area contributed by atoms with Gasteiger partial charge in [0.25, 0.3) is 0 Å². The van der Waals surface area contributed by atoms with E-state index >= 15 is 0 Å². The number of aromatic nitrogens is 3. The maximum absolute atomic E-state index is 10.3. The Hall–Kier alpha value is -1.18. The predicted molar refractivity (Wildman–Crippen MR) is 72.5 cm³/mol. The molecule has 1 aliphatic rings. The summed E-state index contributed by atoms with van der Waals surface area (Å²) >= 11 is 5.82. The van der Waals surface area contributed by atoms with Crippen LogP contribution in [0.1, 0.15) is 19.8 Å². The average Bonchev–Trinajstić information content (AvgIpc) is 2.37. The van der Waals surface area contributed by atoms with E-state index in [4.69, 9.17) is 16.3 Å². The van der Waals surface area contributed by atoms with Gasteiger partial charge in [0.2, 0.25) is 17.2 Å². The summed E-state index contributed by atoms with van der Waals surface area (Å²) in [6.07, 6.45) is 1.19. The molecular formula is C11H18ClN5O2. The number of rotatable bonds is 5. The smallest absolute Gasteiger partial charge is 0.228 e. The number of halogens is 1. The van der Waals surface area contributed by atoms with E-state index in [1.54, 1.807) is 0 Å². The van der Waals surface area contributed by atoms with Crippen LogP contribution in [0.5, 0.6) is 0 Å². The van der Waals surface area contributed by atoms with Crippen molar-refractivity contribution in [1.29, 1.82) is 0 Å². The molecule has 2 rings (SSSR count). The third-order valence-electron chi connectivity index (χ3n) is 2.94. The number of hydrogen-bond donors (Lipinski definition) is 3. The standard InChI is InChI=1S/C11H18ClN5O2/c1-2-13-9-15-8(12)16-10(17-9)14-7-11(18)3-5-19-6-4-11/h18H,2-7H2,1H3,(H2,13,14,15,16,17). The Morgan fingerprint density at radius 3 is 2.47 bits per heavy atom. The minimum atomic E-state index is -0.782. The molecule has 2 heterocycles. The fourth-order valence-corrected chi connectivity index (χ4v) is 2.00. The molecule has 0 amide bonds. The predicted octanol–water partition coefficient (Wildman–Crippen LogP) is 0.910. The number of nitrogens with zero attached hydrogens (tertiary/aromatic N) is 3. The summed E-state index contributed by atoms with van der Waals surface area (Å²) in [6, 6.07) is 0. The molecule has 3 N–H and O–H groups in total. The lowest BCUT2D eigenvalue weighted by molar-refractivity contribution is -0.0544. The van der Waals surface area contributed by atoms with Crippen LogP contribution in [0.25, 0.3) is 0 Å². The molecule has 0 atom stereocenters. The molecule has 8 heteroatoms. The molecule has 1 aliphatic heterocycles. The first-order chi connectivity index (χ1) is 9.11. The van der Waals surface area contributed by atoms with Crippen LogP contribution in [0.4, 0.5) is 11.9 Å². The van der Waals surface area contributed by atoms with Crippen LogP contribution in [-0.2, 0) is 4.74 Å². The van der Waals surface area contributed by atoms with Crippen LogP contribution in [0, 0.1) is 0 Å². The van der Waals surface area contributed by atoms with Gasteiger partial charge in [-0.1, -0.05) is 0 Å². The largest absolute Gasteiger partial charge is 0.388 e.